The van der Waals surface area contributed by atoms with E-state index in [1.807, 2.05) is 6.92 Å². The number of amides is 2. The molecule has 0 atom stereocenters. The molecule has 1 saturated heterocycles. The fourth-order valence-electron chi connectivity index (χ4n) is 3.93. The lowest BCUT2D eigenvalue weighted by molar-refractivity contribution is 0.0725. The smallest absolute Gasteiger partial charge is 0.261 e. The second-order valence-electron chi connectivity index (χ2n) is 8.47. The Balaban J connectivity index is 1.55. The highest BCUT2D eigenvalue weighted by Crippen LogP contribution is 2.26. The molecule has 1 fully saturated rings. The number of sulfonamides is 1. The minimum Gasteiger partial charge on any atom is -0.339 e. The van der Waals surface area contributed by atoms with E-state index in [4.69, 9.17) is 11.6 Å². The van der Waals surface area contributed by atoms with E-state index in [0.29, 0.717) is 24.3 Å². The predicted octanol–water partition coefficient (Wildman–Crippen LogP) is 5.33. The Morgan fingerprint density at radius 2 is 1.57 bits per heavy atom. The van der Waals surface area contributed by atoms with Gasteiger partial charge in [0.15, 0.2) is 0 Å². The minimum atomic E-state index is -3.85. The largest absolute Gasteiger partial charge is 0.339 e. The van der Waals surface area contributed by atoms with Gasteiger partial charge in [0.25, 0.3) is 21.8 Å². The number of nitrogens with one attached hydrogen (secondary N) is 2. The van der Waals surface area contributed by atoms with Crippen molar-refractivity contribution < 1.29 is 18.0 Å². The zero-order chi connectivity index (χ0) is 25.0. The number of aryl methyl sites for hydroxylation is 1. The third-order valence-electron chi connectivity index (χ3n) is 5.84. The van der Waals surface area contributed by atoms with Crippen molar-refractivity contribution in [3.05, 3.63) is 88.4 Å². The fraction of sp³-hybridized carbons (Fsp3) is 0.231. The first-order valence-electron chi connectivity index (χ1n) is 11.3. The minimum absolute atomic E-state index is 0.0796. The summed E-state index contributed by atoms with van der Waals surface area (Å²) in [6.45, 7) is 3.25. The van der Waals surface area contributed by atoms with Gasteiger partial charge in [0, 0.05) is 18.8 Å². The number of piperidine rings is 1. The van der Waals surface area contributed by atoms with Crippen LogP contribution in [0, 0.1) is 6.92 Å². The number of para-hydroxylation sites is 1. The number of nitrogens with zero attached hydrogens (tertiary/aromatic N) is 1. The lowest BCUT2D eigenvalue weighted by atomic mass is 10.1. The van der Waals surface area contributed by atoms with Crippen molar-refractivity contribution >= 4 is 44.8 Å². The number of carbonyl (C=O) groups excluding carboxylic acids is 2. The van der Waals surface area contributed by atoms with Crippen LogP contribution >= 0.6 is 11.6 Å². The second kappa shape index (κ2) is 10.5. The van der Waals surface area contributed by atoms with Crippen LogP contribution in [0.2, 0.25) is 5.02 Å². The summed E-state index contributed by atoms with van der Waals surface area (Å²) in [4.78, 5) is 28.1. The molecule has 0 aromatic heterocycles. The van der Waals surface area contributed by atoms with Gasteiger partial charge >= 0.3 is 0 Å². The molecular formula is C26H26ClN3O4S. The number of hydrogen-bond donors (Lipinski definition) is 2. The average Bonchev–Trinajstić information content (AvgIpc) is 2.85. The highest BCUT2D eigenvalue weighted by Gasteiger charge is 2.22. The van der Waals surface area contributed by atoms with Crippen LogP contribution in [0.15, 0.2) is 71.6 Å². The van der Waals surface area contributed by atoms with E-state index in [-0.39, 0.29) is 27.1 Å². The van der Waals surface area contributed by atoms with Gasteiger partial charge in [-0.3, -0.25) is 14.3 Å². The van der Waals surface area contributed by atoms with Crippen molar-refractivity contribution in [2.75, 3.05) is 23.1 Å². The van der Waals surface area contributed by atoms with Gasteiger partial charge in [-0.2, -0.15) is 0 Å². The normalized spacial score (nSPS) is 13.8. The molecule has 1 aliphatic heterocycles. The van der Waals surface area contributed by atoms with E-state index in [2.05, 4.69) is 10.0 Å². The fourth-order valence-corrected chi connectivity index (χ4v) is 5.18. The number of halogens is 1. The van der Waals surface area contributed by atoms with Crippen LogP contribution in [0.1, 0.15) is 45.5 Å². The van der Waals surface area contributed by atoms with E-state index >= 15 is 0 Å². The van der Waals surface area contributed by atoms with Crippen LogP contribution < -0.4 is 10.0 Å². The number of hydrogen-bond acceptors (Lipinski definition) is 4. The molecule has 0 bridgehead atoms. The lowest BCUT2D eigenvalue weighted by Crippen LogP contribution is -2.36. The summed E-state index contributed by atoms with van der Waals surface area (Å²) in [5.41, 5.74) is 1.98. The number of rotatable bonds is 6. The third kappa shape index (κ3) is 5.83. The Bertz CT molecular complexity index is 1350. The molecular weight excluding hydrogens is 486 g/mol. The molecule has 2 N–H and O–H groups in total. The molecule has 35 heavy (non-hydrogen) atoms. The number of anilines is 2. The molecule has 1 heterocycles. The van der Waals surface area contributed by atoms with E-state index in [9.17, 15) is 18.0 Å². The highest BCUT2D eigenvalue weighted by molar-refractivity contribution is 7.92. The Kier molecular flexibility index (Phi) is 7.42. The molecule has 0 aliphatic carbocycles. The van der Waals surface area contributed by atoms with Crippen LogP contribution in [-0.4, -0.2) is 38.2 Å². The van der Waals surface area contributed by atoms with E-state index < -0.39 is 15.9 Å². The molecule has 0 unspecified atom stereocenters. The van der Waals surface area contributed by atoms with Gasteiger partial charge < -0.3 is 10.2 Å². The maximum absolute atomic E-state index is 13.1. The molecule has 0 saturated carbocycles. The molecule has 7 nitrogen and oxygen atoms in total. The lowest BCUT2D eigenvalue weighted by Gasteiger charge is -2.27. The molecule has 182 valence electrons. The number of likely N-dealkylation sites (tertiary alicyclic amines) is 1. The molecule has 0 radical (unpaired) electrons. The van der Waals surface area contributed by atoms with Gasteiger partial charge in [0.2, 0.25) is 0 Å². The standard InChI is InChI=1S/C26H26ClN3O4S/c1-18-9-12-20(13-10-18)35(33,34)29-19-11-14-23(27)22(17-19)25(31)28-24-8-4-3-7-21(24)26(32)30-15-5-2-6-16-30/h3-4,7-14,17,29H,2,5-6,15-16H2,1H3,(H,28,31). The monoisotopic (exact) mass is 511 g/mol. The second-order valence-corrected chi connectivity index (χ2v) is 10.6. The van der Waals surface area contributed by atoms with Crippen molar-refractivity contribution in [1.29, 1.82) is 0 Å². The SMILES string of the molecule is Cc1ccc(S(=O)(=O)Nc2ccc(Cl)c(C(=O)Nc3ccccc3C(=O)N3CCCCC3)c2)cc1. The van der Waals surface area contributed by atoms with Gasteiger partial charge in [0.1, 0.15) is 0 Å². The summed E-state index contributed by atoms with van der Waals surface area (Å²) in [6.07, 6.45) is 3.02. The quantitative estimate of drug-likeness (QED) is 0.467. The summed E-state index contributed by atoms with van der Waals surface area (Å²) in [5.74, 6) is -0.684. The van der Waals surface area contributed by atoms with Gasteiger partial charge in [-0.25, -0.2) is 8.42 Å². The first kappa shape index (κ1) is 24.8. The Morgan fingerprint density at radius 3 is 2.29 bits per heavy atom. The van der Waals surface area contributed by atoms with Gasteiger partial charge in [-0.1, -0.05) is 41.4 Å². The summed E-state index contributed by atoms with van der Waals surface area (Å²) in [5, 5.41) is 2.92. The molecule has 2 amide bonds. The number of carbonyl (C=O) groups is 2. The van der Waals surface area contributed by atoms with Crippen LogP contribution in [0.25, 0.3) is 0 Å². The molecule has 3 aromatic rings. The zero-order valence-corrected chi connectivity index (χ0v) is 20.8. The summed E-state index contributed by atoms with van der Waals surface area (Å²) >= 11 is 6.27. The van der Waals surface area contributed by atoms with E-state index in [1.165, 1.54) is 30.3 Å². The first-order valence-corrected chi connectivity index (χ1v) is 13.2. The van der Waals surface area contributed by atoms with Gasteiger partial charge in [0.05, 0.1) is 26.7 Å². The summed E-state index contributed by atoms with van der Waals surface area (Å²) in [7, 11) is -3.85. The molecule has 3 aromatic carbocycles. The average molecular weight is 512 g/mol. The Hall–Kier alpha value is -3.36. The van der Waals surface area contributed by atoms with Gasteiger partial charge in [-0.15, -0.1) is 0 Å². The maximum atomic E-state index is 13.1. The van der Waals surface area contributed by atoms with E-state index in [1.54, 1.807) is 41.3 Å². The summed E-state index contributed by atoms with van der Waals surface area (Å²) < 4.78 is 28.0. The zero-order valence-electron chi connectivity index (χ0n) is 19.3. The molecule has 4 rings (SSSR count). The van der Waals surface area contributed by atoms with Crippen molar-refractivity contribution in [1.82, 2.24) is 4.90 Å². The van der Waals surface area contributed by atoms with Crippen LogP contribution in [0.5, 0.6) is 0 Å². The van der Waals surface area contributed by atoms with Crippen molar-refractivity contribution in [2.24, 2.45) is 0 Å². The van der Waals surface area contributed by atoms with Gasteiger partial charge in [-0.05, 0) is 68.7 Å². The summed E-state index contributed by atoms with van der Waals surface area (Å²) in [6, 6.07) is 17.6. The van der Waals surface area contributed by atoms with Crippen LogP contribution in [0.4, 0.5) is 11.4 Å². The van der Waals surface area contributed by atoms with Crippen molar-refractivity contribution in [3.8, 4) is 0 Å². The Morgan fingerprint density at radius 1 is 0.886 bits per heavy atom. The molecule has 0 spiro atoms. The van der Waals surface area contributed by atoms with Crippen molar-refractivity contribution in [3.63, 3.8) is 0 Å². The Labute approximate surface area is 210 Å². The number of benzene rings is 3. The first-order chi connectivity index (χ1) is 16.7. The highest BCUT2D eigenvalue weighted by atomic mass is 35.5. The topological polar surface area (TPSA) is 95.6 Å². The molecule has 9 heteroatoms. The van der Waals surface area contributed by atoms with Crippen LogP contribution in [0.3, 0.4) is 0 Å². The third-order valence-corrected chi connectivity index (χ3v) is 7.57. The predicted molar refractivity (Wildman–Crippen MR) is 138 cm³/mol. The maximum Gasteiger partial charge on any atom is 0.261 e. The van der Waals surface area contributed by atoms with E-state index in [0.717, 1.165) is 24.8 Å². The molecule has 1 aliphatic rings. The van der Waals surface area contributed by atoms with Crippen LogP contribution in [-0.2, 0) is 10.0 Å². The van der Waals surface area contributed by atoms with Crippen molar-refractivity contribution in [2.45, 2.75) is 31.1 Å².